The molecule has 0 aliphatic carbocycles. The number of benzene rings is 2. The van der Waals surface area contributed by atoms with Gasteiger partial charge in [-0.2, -0.15) is 5.10 Å². The quantitative estimate of drug-likeness (QED) is 0.748. The Balaban J connectivity index is 2.15. The van der Waals surface area contributed by atoms with Crippen LogP contribution in [0.15, 0.2) is 47.5 Å². The van der Waals surface area contributed by atoms with Gasteiger partial charge in [0.05, 0.1) is 11.1 Å². The molecule has 1 aromatic heterocycles. The zero-order valence-corrected chi connectivity index (χ0v) is 15.1. The first-order valence-corrected chi connectivity index (χ1v) is 9.46. The van der Waals surface area contributed by atoms with Crippen LogP contribution in [0.25, 0.3) is 21.9 Å². The Bertz CT molecular complexity index is 1050. The fraction of sp³-hybridized carbons (Fsp3) is 0.222. The van der Waals surface area contributed by atoms with E-state index in [0.717, 1.165) is 33.3 Å². The van der Waals surface area contributed by atoms with Crippen LogP contribution >= 0.6 is 0 Å². The SMILES string of the molecule is Cc1ccc(S(N)(=O)=O)cc1-c1ccc2c(NC(C)C)nncc2c1. The van der Waals surface area contributed by atoms with Crippen molar-refractivity contribution < 1.29 is 8.42 Å². The van der Waals surface area contributed by atoms with E-state index in [2.05, 4.69) is 15.5 Å². The summed E-state index contributed by atoms with van der Waals surface area (Å²) in [6.07, 6.45) is 1.70. The molecule has 3 aromatic rings. The number of aryl methyl sites for hydroxylation is 1. The normalized spacial score (nSPS) is 11.9. The third-order valence-electron chi connectivity index (χ3n) is 3.94. The average molecular weight is 356 g/mol. The Morgan fingerprint density at radius 2 is 1.88 bits per heavy atom. The summed E-state index contributed by atoms with van der Waals surface area (Å²) in [6, 6.07) is 11.0. The number of nitrogens with one attached hydrogen (secondary N) is 1. The minimum atomic E-state index is -3.75. The third kappa shape index (κ3) is 3.62. The molecule has 1 heterocycles. The van der Waals surface area contributed by atoms with Gasteiger partial charge in [0.25, 0.3) is 0 Å². The van der Waals surface area contributed by atoms with E-state index in [0.29, 0.717) is 0 Å². The summed E-state index contributed by atoms with van der Waals surface area (Å²) < 4.78 is 23.3. The maximum atomic E-state index is 11.6. The number of aromatic nitrogens is 2. The van der Waals surface area contributed by atoms with Crippen LogP contribution in [0.1, 0.15) is 19.4 Å². The Labute approximate surface area is 147 Å². The Morgan fingerprint density at radius 1 is 1.12 bits per heavy atom. The lowest BCUT2D eigenvalue weighted by molar-refractivity contribution is 0.598. The summed E-state index contributed by atoms with van der Waals surface area (Å²) in [7, 11) is -3.75. The van der Waals surface area contributed by atoms with Gasteiger partial charge in [0.1, 0.15) is 0 Å². The first-order valence-electron chi connectivity index (χ1n) is 7.91. The third-order valence-corrected chi connectivity index (χ3v) is 4.85. The van der Waals surface area contributed by atoms with E-state index in [9.17, 15) is 8.42 Å². The van der Waals surface area contributed by atoms with Crippen LogP contribution in [-0.4, -0.2) is 24.7 Å². The summed E-state index contributed by atoms with van der Waals surface area (Å²) in [5, 5.41) is 18.6. The second-order valence-electron chi connectivity index (χ2n) is 6.32. The molecule has 6 nitrogen and oxygen atoms in total. The van der Waals surface area contributed by atoms with E-state index >= 15 is 0 Å². The van der Waals surface area contributed by atoms with E-state index in [4.69, 9.17) is 5.14 Å². The van der Waals surface area contributed by atoms with Gasteiger partial charge in [0, 0.05) is 16.8 Å². The zero-order valence-electron chi connectivity index (χ0n) is 14.3. The van der Waals surface area contributed by atoms with Crippen molar-refractivity contribution in [3.8, 4) is 11.1 Å². The van der Waals surface area contributed by atoms with Crippen LogP contribution in [0.4, 0.5) is 5.82 Å². The molecule has 3 rings (SSSR count). The van der Waals surface area contributed by atoms with Crippen LogP contribution in [-0.2, 0) is 10.0 Å². The monoisotopic (exact) mass is 356 g/mol. The molecule has 0 aliphatic rings. The molecule has 0 spiro atoms. The van der Waals surface area contributed by atoms with Crippen LogP contribution in [0.5, 0.6) is 0 Å². The fourth-order valence-electron chi connectivity index (χ4n) is 2.72. The molecule has 0 saturated carbocycles. The van der Waals surface area contributed by atoms with Crippen molar-refractivity contribution in [3.05, 3.63) is 48.2 Å². The lowest BCUT2D eigenvalue weighted by atomic mass is 9.98. The van der Waals surface area contributed by atoms with Crippen LogP contribution in [0, 0.1) is 6.92 Å². The van der Waals surface area contributed by atoms with Crippen LogP contribution in [0.3, 0.4) is 0 Å². The van der Waals surface area contributed by atoms with Gasteiger partial charge in [-0.15, -0.1) is 5.10 Å². The number of rotatable bonds is 4. The molecule has 25 heavy (non-hydrogen) atoms. The molecule has 0 saturated heterocycles. The molecule has 0 amide bonds. The number of nitrogens with zero attached hydrogens (tertiary/aromatic N) is 2. The smallest absolute Gasteiger partial charge is 0.238 e. The van der Waals surface area contributed by atoms with Crippen molar-refractivity contribution in [2.45, 2.75) is 31.7 Å². The number of hydrogen-bond donors (Lipinski definition) is 2. The van der Waals surface area contributed by atoms with E-state index in [1.54, 1.807) is 18.3 Å². The van der Waals surface area contributed by atoms with E-state index < -0.39 is 10.0 Å². The predicted octanol–water partition coefficient (Wildman–Crippen LogP) is 3.07. The lowest BCUT2D eigenvalue weighted by Crippen LogP contribution is -2.12. The molecule has 130 valence electrons. The molecule has 0 fully saturated rings. The number of primary sulfonamides is 1. The maximum Gasteiger partial charge on any atom is 0.238 e. The van der Waals surface area contributed by atoms with E-state index in [1.165, 1.54) is 6.07 Å². The molecule has 0 atom stereocenters. The highest BCUT2D eigenvalue weighted by atomic mass is 32.2. The number of hydrogen-bond acceptors (Lipinski definition) is 5. The highest BCUT2D eigenvalue weighted by Crippen LogP contribution is 2.30. The van der Waals surface area contributed by atoms with E-state index in [1.807, 2.05) is 39.0 Å². The molecule has 7 heteroatoms. The van der Waals surface area contributed by atoms with Gasteiger partial charge in [-0.3, -0.25) is 0 Å². The Kier molecular flexibility index (Phi) is 4.45. The van der Waals surface area contributed by atoms with Crippen molar-refractivity contribution in [3.63, 3.8) is 0 Å². The van der Waals surface area contributed by atoms with Gasteiger partial charge in [-0.25, -0.2) is 13.6 Å². The highest BCUT2D eigenvalue weighted by molar-refractivity contribution is 7.89. The molecule has 2 aromatic carbocycles. The standard InChI is InChI=1S/C18H20N4O2S/c1-11(2)21-18-16-7-5-13(8-14(16)10-20-22-18)17-9-15(25(19,23)24)6-4-12(17)3/h4-11H,1-3H3,(H,21,22)(H2,19,23,24). The van der Waals surface area contributed by atoms with Gasteiger partial charge >= 0.3 is 0 Å². The molecule has 0 bridgehead atoms. The minimum Gasteiger partial charge on any atom is -0.366 e. The molecule has 3 N–H and O–H groups in total. The predicted molar refractivity (Wildman–Crippen MR) is 99.8 cm³/mol. The second-order valence-corrected chi connectivity index (χ2v) is 7.88. The van der Waals surface area contributed by atoms with Crippen molar-refractivity contribution >= 4 is 26.6 Å². The van der Waals surface area contributed by atoms with Crippen molar-refractivity contribution in [2.75, 3.05) is 5.32 Å². The number of fused-ring (bicyclic) bond motifs is 1. The van der Waals surface area contributed by atoms with Gasteiger partial charge in [0.2, 0.25) is 10.0 Å². The first-order chi connectivity index (χ1) is 11.8. The summed E-state index contributed by atoms with van der Waals surface area (Å²) in [4.78, 5) is 0.100. The molecular formula is C18H20N4O2S. The van der Waals surface area contributed by atoms with Gasteiger partial charge in [-0.05, 0) is 61.7 Å². The number of nitrogens with two attached hydrogens (primary N) is 1. The number of anilines is 1. The van der Waals surface area contributed by atoms with Crippen LogP contribution < -0.4 is 10.5 Å². The fourth-order valence-corrected chi connectivity index (χ4v) is 3.26. The van der Waals surface area contributed by atoms with Crippen molar-refractivity contribution in [2.24, 2.45) is 5.14 Å². The molecule has 0 radical (unpaired) electrons. The van der Waals surface area contributed by atoms with Gasteiger partial charge in [0.15, 0.2) is 5.82 Å². The highest BCUT2D eigenvalue weighted by Gasteiger charge is 2.12. The molecule has 0 aliphatic heterocycles. The minimum absolute atomic E-state index is 0.100. The average Bonchev–Trinajstić information content (AvgIpc) is 2.53. The molecule has 0 unspecified atom stereocenters. The second kappa shape index (κ2) is 6.42. The van der Waals surface area contributed by atoms with Crippen LogP contribution in [0.2, 0.25) is 0 Å². The zero-order chi connectivity index (χ0) is 18.2. The molecular weight excluding hydrogens is 336 g/mol. The van der Waals surface area contributed by atoms with E-state index in [-0.39, 0.29) is 10.9 Å². The Hall–Kier alpha value is -2.51. The number of sulfonamides is 1. The summed E-state index contributed by atoms with van der Waals surface area (Å²) >= 11 is 0. The van der Waals surface area contributed by atoms with Crippen molar-refractivity contribution in [1.29, 1.82) is 0 Å². The largest absolute Gasteiger partial charge is 0.366 e. The topological polar surface area (TPSA) is 98.0 Å². The lowest BCUT2D eigenvalue weighted by Gasteiger charge is -2.13. The van der Waals surface area contributed by atoms with Crippen molar-refractivity contribution in [1.82, 2.24) is 10.2 Å². The summed E-state index contributed by atoms with van der Waals surface area (Å²) in [6.45, 7) is 6.01. The Morgan fingerprint density at radius 3 is 2.56 bits per heavy atom. The summed E-state index contributed by atoms with van der Waals surface area (Å²) in [5.41, 5.74) is 2.69. The first kappa shape index (κ1) is 17.3. The summed E-state index contributed by atoms with van der Waals surface area (Å²) in [5.74, 6) is 0.731. The van der Waals surface area contributed by atoms with Gasteiger partial charge in [-0.1, -0.05) is 12.1 Å². The van der Waals surface area contributed by atoms with Gasteiger partial charge < -0.3 is 5.32 Å². The maximum absolute atomic E-state index is 11.6.